The molecule has 4 rings (SSSR count). The first-order chi connectivity index (χ1) is 14.8. The zero-order valence-corrected chi connectivity index (χ0v) is 18.4. The van der Waals surface area contributed by atoms with Crippen LogP contribution in [-0.4, -0.2) is 49.2 Å². The van der Waals surface area contributed by atoms with Crippen molar-refractivity contribution in [3.63, 3.8) is 0 Å². The molecule has 9 nitrogen and oxygen atoms in total. The molecule has 0 saturated heterocycles. The highest BCUT2D eigenvalue weighted by Gasteiger charge is 2.28. The fourth-order valence-electron chi connectivity index (χ4n) is 3.95. The lowest BCUT2D eigenvalue weighted by molar-refractivity contribution is 0.0581. The number of pyridine rings is 1. The van der Waals surface area contributed by atoms with Gasteiger partial charge in [-0.3, -0.25) is 9.58 Å². The maximum absolute atomic E-state index is 12.7. The van der Waals surface area contributed by atoms with Crippen LogP contribution in [0.25, 0.3) is 22.5 Å². The lowest BCUT2D eigenvalue weighted by Crippen LogP contribution is -2.37. The van der Waals surface area contributed by atoms with Gasteiger partial charge in [0.2, 0.25) is 5.89 Å². The Hall–Kier alpha value is -2.94. The Balaban J connectivity index is 1.78. The number of oxazole rings is 1. The second-order valence-corrected chi connectivity index (χ2v) is 8.88. The molecule has 0 aromatic carbocycles. The molecule has 3 aromatic rings. The molecule has 1 amide bonds. The monoisotopic (exact) mass is 427 g/mol. The number of amides is 1. The van der Waals surface area contributed by atoms with Crippen molar-refractivity contribution in [3.8, 4) is 11.6 Å². The predicted octanol–water partition coefficient (Wildman–Crippen LogP) is 4.32. The van der Waals surface area contributed by atoms with Gasteiger partial charge < -0.3 is 14.3 Å². The molecule has 0 radical (unpaired) electrons. The Bertz CT molecular complexity index is 1050. The number of carbonyl (C=O) groups excluding carboxylic acids is 1. The van der Waals surface area contributed by atoms with Crippen LogP contribution in [0, 0.1) is 0 Å². The van der Waals surface area contributed by atoms with Crippen molar-refractivity contribution in [2.45, 2.75) is 71.1 Å². The van der Waals surface area contributed by atoms with Crippen molar-refractivity contribution in [1.29, 1.82) is 0 Å². The molecule has 31 heavy (non-hydrogen) atoms. The van der Waals surface area contributed by atoms with Gasteiger partial charge >= 0.3 is 6.09 Å². The highest BCUT2D eigenvalue weighted by atomic mass is 16.6. The van der Waals surface area contributed by atoms with Crippen molar-refractivity contribution in [1.82, 2.24) is 19.7 Å². The normalized spacial score (nSPS) is 19.5. The third kappa shape index (κ3) is 4.41. The number of rotatable bonds is 4. The Morgan fingerprint density at radius 3 is 2.65 bits per heavy atom. The van der Waals surface area contributed by atoms with Gasteiger partial charge in [0.15, 0.2) is 5.69 Å². The van der Waals surface area contributed by atoms with Gasteiger partial charge in [0.05, 0.1) is 29.2 Å². The summed E-state index contributed by atoms with van der Waals surface area (Å²) in [5, 5.41) is 15.5. The first-order valence-electron chi connectivity index (χ1n) is 10.7. The zero-order valence-electron chi connectivity index (χ0n) is 18.4. The topological polar surface area (TPSA) is 107 Å². The van der Waals surface area contributed by atoms with Crippen LogP contribution in [0.1, 0.15) is 59.4 Å². The summed E-state index contributed by atoms with van der Waals surface area (Å²) in [7, 11) is 0. The minimum atomic E-state index is -0.600. The maximum Gasteiger partial charge on any atom is 0.415 e. The predicted molar refractivity (Wildman–Crippen MR) is 116 cm³/mol. The van der Waals surface area contributed by atoms with E-state index in [1.54, 1.807) is 12.4 Å². The first-order valence-corrected chi connectivity index (χ1v) is 10.7. The summed E-state index contributed by atoms with van der Waals surface area (Å²) in [6.07, 6.45) is 7.22. The third-order valence-electron chi connectivity index (χ3n) is 5.43. The van der Waals surface area contributed by atoms with Gasteiger partial charge in [-0.25, -0.2) is 14.8 Å². The molecular weight excluding hydrogens is 398 g/mol. The summed E-state index contributed by atoms with van der Waals surface area (Å²) in [6.45, 7) is 7.82. The lowest BCUT2D eigenvalue weighted by atomic mass is 9.93. The molecule has 1 N–H and O–H groups in total. The van der Waals surface area contributed by atoms with E-state index in [2.05, 4.69) is 9.97 Å². The molecule has 3 aromatic heterocycles. The first kappa shape index (κ1) is 21.3. The molecule has 0 unspecified atom stereocenters. The van der Waals surface area contributed by atoms with Crippen LogP contribution in [0.5, 0.6) is 0 Å². The number of hydrogen-bond donors (Lipinski definition) is 1. The van der Waals surface area contributed by atoms with E-state index >= 15 is 0 Å². The van der Waals surface area contributed by atoms with Crippen LogP contribution < -0.4 is 4.90 Å². The number of hydrogen-bond acceptors (Lipinski definition) is 7. The van der Waals surface area contributed by atoms with Gasteiger partial charge in [-0.1, -0.05) is 0 Å². The lowest BCUT2D eigenvalue weighted by Gasteiger charge is -2.27. The molecular formula is C22H29N5O4. The number of aliphatic hydroxyl groups is 1. The summed E-state index contributed by atoms with van der Waals surface area (Å²) in [5.41, 5.74) is 0.865. The molecule has 1 saturated carbocycles. The van der Waals surface area contributed by atoms with Crippen LogP contribution in [0.15, 0.2) is 29.1 Å². The number of ether oxygens (including phenoxy) is 1. The van der Waals surface area contributed by atoms with E-state index < -0.39 is 11.7 Å². The average Bonchev–Trinajstić information content (AvgIpc) is 3.35. The van der Waals surface area contributed by atoms with Crippen LogP contribution in [-0.2, 0) is 4.74 Å². The molecule has 1 fully saturated rings. The zero-order chi connectivity index (χ0) is 22.2. The molecule has 9 heteroatoms. The second-order valence-electron chi connectivity index (χ2n) is 8.88. The SMILES string of the molecule is CCN(C(=O)OC(C)(C)C)c1cc2c(cn1)c(-c1ncco1)nn2[C@H]1CC[C@H](O)CC1. The summed E-state index contributed by atoms with van der Waals surface area (Å²) in [5.74, 6) is 0.925. The Morgan fingerprint density at radius 1 is 1.29 bits per heavy atom. The van der Waals surface area contributed by atoms with Crippen molar-refractivity contribution < 1.29 is 19.1 Å². The van der Waals surface area contributed by atoms with Crippen molar-refractivity contribution in [2.24, 2.45) is 0 Å². The summed E-state index contributed by atoms with van der Waals surface area (Å²) >= 11 is 0. The van der Waals surface area contributed by atoms with E-state index in [-0.39, 0.29) is 12.1 Å². The fourth-order valence-corrected chi connectivity index (χ4v) is 3.95. The number of aromatic nitrogens is 4. The standard InChI is InChI=1S/C22H29N5O4/c1-5-26(21(29)31-22(2,3)4)18-12-17-16(13-24-18)19(20-23-10-11-30-20)25-27(17)14-6-8-15(28)9-7-14/h10-15,28H,5-9H2,1-4H3/t14-,15-. The third-order valence-corrected chi connectivity index (χ3v) is 5.43. The quantitative estimate of drug-likeness (QED) is 0.660. The Labute approximate surface area is 181 Å². The largest absolute Gasteiger partial charge is 0.443 e. The molecule has 1 aliphatic carbocycles. The Morgan fingerprint density at radius 2 is 2.03 bits per heavy atom. The highest BCUT2D eigenvalue weighted by molar-refractivity contribution is 5.94. The smallest absolute Gasteiger partial charge is 0.415 e. The van der Waals surface area contributed by atoms with E-state index in [1.165, 1.54) is 11.2 Å². The van der Waals surface area contributed by atoms with Crippen molar-refractivity contribution in [3.05, 3.63) is 24.7 Å². The van der Waals surface area contributed by atoms with E-state index in [0.29, 0.717) is 23.9 Å². The molecule has 3 heterocycles. The molecule has 0 aliphatic heterocycles. The molecule has 1 aliphatic rings. The molecule has 0 spiro atoms. The molecule has 0 atom stereocenters. The van der Waals surface area contributed by atoms with Gasteiger partial charge in [-0.2, -0.15) is 5.10 Å². The minimum absolute atomic E-state index is 0.140. The van der Waals surface area contributed by atoms with E-state index in [1.807, 2.05) is 38.4 Å². The van der Waals surface area contributed by atoms with Crippen LogP contribution in [0.3, 0.4) is 0 Å². The van der Waals surface area contributed by atoms with Gasteiger partial charge in [0.1, 0.15) is 17.7 Å². The van der Waals surface area contributed by atoms with Crippen LogP contribution in [0.4, 0.5) is 10.6 Å². The summed E-state index contributed by atoms with van der Waals surface area (Å²) in [4.78, 5) is 23.0. The number of nitrogens with zero attached hydrogens (tertiary/aromatic N) is 5. The number of fused-ring (bicyclic) bond motifs is 1. The van der Waals surface area contributed by atoms with Gasteiger partial charge in [-0.05, 0) is 53.4 Å². The van der Waals surface area contributed by atoms with E-state index in [0.717, 1.165) is 36.6 Å². The highest BCUT2D eigenvalue weighted by Crippen LogP contribution is 2.35. The maximum atomic E-state index is 12.7. The second kappa shape index (κ2) is 8.30. The van der Waals surface area contributed by atoms with Crippen LogP contribution in [0.2, 0.25) is 0 Å². The van der Waals surface area contributed by atoms with Crippen molar-refractivity contribution >= 4 is 22.8 Å². The van der Waals surface area contributed by atoms with Gasteiger partial charge in [-0.15, -0.1) is 0 Å². The number of anilines is 1. The van der Waals surface area contributed by atoms with Gasteiger partial charge in [0.25, 0.3) is 0 Å². The van der Waals surface area contributed by atoms with Gasteiger partial charge in [0, 0.05) is 18.8 Å². The van der Waals surface area contributed by atoms with E-state index in [4.69, 9.17) is 14.3 Å². The molecule has 166 valence electrons. The average molecular weight is 428 g/mol. The van der Waals surface area contributed by atoms with Crippen molar-refractivity contribution in [2.75, 3.05) is 11.4 Å². The number of carbonyl (C=O) groups is 1. The minimum Gasteiger partial charge on any atom is -0.443 e. The summed E-state index contributed by atoms with van der Waals surface area (Å²) in [6, 6.07) is 2.01. The number of aliphatic hydroxyl groups excluding tert-OH is 1. The fraction of sp³-hybridized carbons (Fsp3) is 0.545. The molecule has 0 bridgehead atoms. The Kier molecular flexibility index (Phi) is 5.70. The van der Waals surface area contributed by atoms with Crippen LogP contribution >= 0.6 is 0 Å². The summed E-state index contributed by atoms with van der Waals surface area (Å²) < 4.78 is 13.0. The van der Waals surface area contributed by atoms with E-state index in [9.17, 15) is 9.90 Å².